The lowest BCUT2D eigenvalue weighted by molar-refractivity contribution is -0.144. The smallest absolute Gasteiger partial charge is 0.304 e. The second kappa shape index (κ2) is 8.35. The average Bonchev–Trinajstić information content (AvgIpc) is 3.05. The summed E-state index contributed by atoms with van der Waals surface area (Å²) in [5.74, 6) is 6.02. The molecule has 132 valence electrons. The fraction of sp³-hybridized carbons (Fsp3) is 0.273. The Morgan fingerprint density at radius 1 is 1.15 bits per heavy atom. The Morgan fingerprint density at radius 3 is 2.58 bits per heavy atom. The Kier molecular flexibility index (Phi) is 5.70. The molecule has 1 aliphatic heterocycles. The number of benzene rings is 2. The van der Waals surface area contributed by atoms with Crippen LogP contribution in [0.1, 0.15) is 42.6 Å². The summed E-state index contributed by atoms with van der Waals surface area (Å²) < 4.78 is 5.37. The molecule has 0 aliphatic carbocycles. The van der Waals surface area contributed by atoms with Crippen LogP contribution in [0.15, 0.2) is 54.6 Å². The minimum atomic E-state index is -0.616. The largest absolute Gasteiger partial charge is 0.444 e. The fourth-order valence-electron chi connectivity index (χ4n) is 2.97. The number of esters is 1. The van der Waals surface area contributed by atoms with Crippen LogP contribution in [0.5, 0.6) is 0 Å². The van der Waals surface area contributed by atoms with E-state index in [1.54, 1.807) is 0 Å². The standard InChI is InChI=1S/C22H21NO3/c1-17(24)26-21(19-9-3-2-4-10-19)14-13-18-8-5-6-11-20(18)16-23-15-7-12-22(23)25/h2-6,8-11,21H,7,12,15-16H2,1H3. The zero-order valence-corrected chi connectivity index (χ0v) is 14.8. The number of nitrogens with zero attached hydrogens (tertiary/aromatic N) is 1. The van der Waals surface area contributed by atoms with Crippen LogP contribution in [0, 0.1) is 11.8 Å². The Hall–Kier alpha value is -3.06. The van der Waals surface area contributed by atoms with Crippen molar-refractivity contribution < 1.29 is 14.3 Å². The normalized spacial score (nSPS) is 14.5. The maximum atomic E-state index is 11.9. The van der Waals surface area contributed by atoms with Gasteiger partial charge in [-0.1, -0.05) is 54.5 Å². The molecule has 1 fully saturated rings. The third kappa shape index (κ3) is 4.52. The zero-order chi connectivity index (χ0) is 18.4. The highest BCUT2D eigenvalue weighted by molar-refractivity contribution is 5.78. The van der Waals surface area contributed by atoms with Crippen molar-refractivity contribution in [2.24, 2.45) is 0 Å². The topological polar surface area (TPSA) is 46.6 Å². The van der Waals surface area contributed by atoms with Crippen LogP contribution < -0.4 is 0 Å². The molecule has 0 aromatic heterocycles. The van der Waals surface area contributed by atoms with Crippen LogP contribution in [-0.2, 0) is 20.9 Å². The molecule has 0 radical (unpaired) electrons. The van der Waals surface area contributed by atoms with Gasteiger partial charge in [0, 0.05) is 37.6 Å². The Labute approximate surface area is 153 Å². The van der Waals surface area contributed by atoms with E-state index in [4.69, 9.17) is 4.74 Å². The molecule has 0 N–H and O–H groups in total. The first-order valence-corrected chi connectivity index (χ1v) is 8.73. The molecule has 4 nitrogen and oxygen atoms in total. The van der Waals surface area contributed by atoms with E-state index in [1.807, 2.05) is 59.5 Å². The van der Waals surface area contributed by atoms with Gasteiger partial charge >= 0.3 is 5.97 Å². The lowest BCUT2D eigenvalue weighted by Crippen LogP contribution is -2.24. The first kappa shape index (κ1) is 17.8. The molecule has 1 heterocycles. The molecular formula is C22H21NO3. The van der Waals surface area contributed by atoms with Gasteiger partial charge in [0.1, 0.15) is 0 Å². The van der Waals surface area contributed by atoms with Crippen molar-refractivity contribution in [2.75, 3.05) is 6.54 Å². The van der Waals surface area contributed by atoms with Crippen molar-refractivity contribution >= 4 is 11.9 Å². The number of carbonyl (C=O) groups is 2. The van der Waals surface area contributed by atoms with Crippen molar-refractivity contribution in [3.8, 4) is 11.8 Å². The number of carbonyl (C=O) groups excluding carboxylic acids is 2. The number of hydrogen-bond donors (Lipinski definition) is 0. The summed E-state index contributed by atoms with van der Waals surface area (Å²) in [5.41, 5.74) is 2.69. The van der Waals surface area contributed by atoms with Gasteiger partial charge in [0.05, 0.1) is 0 Å². The van der Waals surface area contributed by atoms with E-state index in [1.165, 1.54) is 6.92 Å². The van der Waals surface area contributed by atoms with Gasteiger partial charge in [-0.25, -0.2) is 0 Å². The molecule has 0 spiro atoms. The summed E-state index contributed by atoms with van der Waals surface area (Å²) in [6.45, 7) is 2.73. The summed E-state index contributed by atoms with van der Waals surface area (Å²) in [6, 6.07) is 17.2. The fourth-order valence-corrected chi connectivity index (χ4v) is 2.97. The lowest BCUT2D eigenvalue weighted by atomic mass is 10.1. The number of rotatable bonds is 4. The van der Waals surface area contributed by atoms with Crippen LogP contribution in [0.4, 0.5) is 0 Å². The Bertz CT molecular complexity index is 848. The molecule has 1 atom stereocenters. The van der Waals surface area contributed by atoms with Gasteiger partial charge in [-0.3, -0.25) is 9.59 Å². The maximum absolute atomic E-state index is 11.9. The van der Waals surface area contributed by atoms with Gasteiger partial charge < -0.3 is 9.64 Å². The Balaban J connectivity index is 1.85. The van der Waals surface area contributed by atoms with Crippen molar-refractivity contribution in [1.29, 1.82) is 0 Å². The van der Waals surface area contributed by atoms with Crippen LogP contribution in [-0.4, -0.2) is 23.3 Å². The van der Waals surface area contributed by atoms with Crippen LogP contribution >= 0.6 is 0 Å². The third-order valence-electron chi connectivity index (χ3n) is 4.27. The summed E-state index contributed by atoms with van der Waals surface area (Å²) in [5, 5.41) is 0. The monoisotopic (exact) mass is 347 g/mol. The highest BCUT2D eigenvalue weighted by atomic mass is 16.5. The molecule has 0 saturated carbocycles. The molecule has 2 aromatic rings. The molecule has 26 heavy (non-hydrogen) atoms. The van der Waals surface area contributed by atoms with E-state index >= 15 is 0 Å². The van der Waals surface area contributed by atoms with Gasteiger partial charge in [0.15, 0.2) is 6.10 Å². The zero-order valence-electron chi connectivity index (χ0n) is 14.8. The summed E-state index contributed by atoms with van der Waals surface area (Å²) >= 11 is 0. The second-order valence-corrected chi connectivity index (χ2v) is 6.25. The number of likely N-dealkylation sites (tertiary alicyclic amines) is 1. The van der Waals surface area contributed by atoms with E-state index in [9.17, 15) is 9.59 Å². The molecule has 2 aromatic carbocycles. The second-order valence-electron chi connectivity index (χ2n) is 6.25. The van der Waals surface area contributed by atoms with Gasteiger partial charge in [0.25, 0.3) is 0 Å². The van der Waals surface area contributed by atoms with Gasteiger partial charge in [-0.15, -0.1) is 0 Å². The third-order valence-corrected chi connectivity index (χ3v) is 4.27. The molecule has 1 saturated heterocycles. The lowest BCUT2D eigenvalue weighted by Gasteiger charge is -2.16. The summed E-state index contributed by atoms with van der Waals surface area (Å²) in [4.78, 5) is 25.2. The summed E-state index contributed by atoms with van der Waals surface area (Å²) in [6.07, 6.45) is 0.918. The first-order chi connectivity index (χ1) is 12.6. The van der Waals surface area contributed by atoms with E-state index in [-0.39, 0.29) is 11.9 Å². The van der Waals surface area contributed by atoms with E-state index < -0.39 is 6.10 Å². The van der Waals surface area contributed by atoms with Gasteiger partial charge in [0.2, 0.25) is 5.91 Å². The molecule has 1 unspecified atom stereocenters. The van der Waals surface area contributed by atoms with E-state index in [0.29, 0.717) is 13.0 Å². The van der Waals surface area contributed by atoms with Crippen LogP contribution in [0.25, 0.3) is 0 Å². The highest BCUT2D eigenvalue weighted by Crippen LogP contribution is 2.19. The van der Waals surface area contributed by atoms with Crippen molar-refractivity contribution in [3.05, 3.63) is 71.3 Å². The number of amides is 1. The van der Waals surface area contributed by atoms with Crippen molar-refractivity contribution in [3.63, 3.8) is 0 Å². The van der Waals surface area contributed by atoms with Gasteiger partial charge in [-0.2, -0.15) is 0 Å². The average molecular weight is 347 g/mol. The predicted molar refractivity (Wildman–Crippen MR) is 98.9 cm³/mol. The van der Waals surface area contributed by atoms with Crippen molar-refractivity contribution in [1.82, 2.24) is 4.90 Å². The summed E-state index contributed by atoms with van der Waals surface area (Å²) in [7, 11) is 0. The Morgan fingerprint density at radius 2 is 1.88 bits per heavy atom. The highest BCUT2D eigenvalue weighted by Gasteiger charge is 2.20. The number of ether oxygens (including phenoxy) is 1. The van der Waals surface area contributed by atoms with Crippen LogP contribution in [0.3, 0.4) is 0 Å². The van der Waals surface area contributed by atoms with Crippen molar-refractivity contribution in [2.45, 2.75) is 32.4 Å². The molecule has 0 bridgehead atoms. The van der Waals surface area contributed by atoms with E-state index in [2.05, 4.69) is 11.8 Å². The molecular weight excluding hydrogens is 326 g/mol. The van der Waals surface area contributed by atoms with E-state index in [0.717, 1.165) is 29.7 Å². The molecule has 4 heteroatoms. The first-order valence-electron chi connectivity index (χ1n) is 8.73. The minimum Gasteiger partial charge on any atom is -0.444 e. The maximum Gasteiger partial charge on any atom is 0.304 e. The molecule has 1 aliphatic rings. The SMILES string of the molecule is CC(=O)OC(C#Cc1ccccc1CN1CCCC1=O)c1ccccc1. The van der Waals surface area contributed by atoms with Crippen LogP contribution in [0.2, 0.25) is 0 Å². The quantitative estimate of drug-likeness (QED) is 0.628. The molecule has 1 amide bonds. The number of hydrogen-bond acceptors (Lipinski definition) is 3. The van der Waals surface area contributed by atoms with Gasteiger partial charge in [-0.05, 0) is 24.0 Å². The minimum absolute atomic E-state index is 0.190. The molecule has 3 rings (SSSR count). The predicted octanol–water partition coefficient (Wildman–Crippen LogP) is 3.46.